The average Bonchev–Trinajstić information content (AvgIpc) is 3.13. The van der Waals surface area contributed by atoms with Gasteiger partial charge in [0.25, 0.3) is 0 Å². The summed E-state index contributed by atoms with van der Waals surface area (Å²) in [5.41, 5.74) is 3.89. The lowest BCUT2D eigenvalue weighted by atomic mass is 10.1. The Morgan fingerprint density at radius 3 is 2.52 bits per heavy atom. The number of esters is 1. The number of methoxy groups -OCH3 is 1. The summed E-state index contributed by atoms with van der Waals surface area (Å²) >= 11 is 0. The predicted molar refractivity (Wildman–Crippen MR) is 112 cm³/mol. The highest BCUT2D eigenvalue weighted by Crippen LogP contribution is 2.27. The van der Waals surface area contributed by atoms with Gasteiger partial charge in [-0.2, -0.15) is 0 Å². The normalized spacial score (nSPS) is 11.0. The van der Waals surface area contributed by atoms with Gasteiger partial charge in [0.15, 0.2) is 0 Å². The summed E-state index contributed by atoms with van der Waals surface area (Å²) in [7, 11) is 1.56. The van der Waals surface area contributed by atoms with Gasteiger partial charge in [0, 0.05) is 5.56 Å². The third-order valence-electron chi connectivity index (χ3n) is 4.94. The van der Waals surface area contributed by atoms with Gasteiger partial charge in [-0.1, -0.05) is 29.8 Å². The number of carbonyl (C=O) groups is 2. The number of hydrogen-bond donors (Lipinski definition) is 0. The van der Waals surface area contributed by atoms with Crippen molar-refractivity contribution in [2.45, 2.75) is 13.8 Å². The molecule has 0 radical (unpaired) electrons. The fraction of sp³-hybridized carbons (Fsp3) is 0.167. The number of ether oxygens (including phenoxy) is 2. The van der Waals surface area contributed by atoms with Crippen LogP contribution in [-0.2, 0) is 4.74 Å². The number of hydrogen-bond acceptors (Lipinski definition) is 4. The first-order valence-corrected chi connectivity index (χ1v) is 9.44. The molecule has 0 spiro atoms. The number of carbonyl (C=O) groups excluding carboxylic acids is 2. The van der Waals surface area contributed by atoms with Crippen LogP contribution in [0.25, 0.3) is 16.4 Å². The van der Waals surface area contributed by atoms with Crippen LogP contribution in [0, 0.1) is 6.92 Å². The number of rotatable bonds is 5. The quantitative estimate of drug-likeness (QED) is 0.364. The second-order valence-electron chi connectivity index (χ2n) is 6.84. The summed E-state index contributed by atoms with van der Waals surface area (Å²) in [5, 5.41) is 0.989. The van der Waals surface area contributed by atoms with E-state index >= 15 is 0 Å². The number of benzene rings is 2. The van der Waals surface area contributed by atoms with Gasteiger partial charge in [-0.05, 0) is 55.6 Å². The molecule has 0 aliphatic rings. The first-order valence-electron chi connectivity index (χ1n) is 9.44. The average molecular weight is 387 g/mol. The van der Waals surface area contributed by atoms with Gasteiger partial charge in [-0.25, -0.2) is 4.79 Å². The molecular formula is C24H21NO4. The maximum absolute atomic E-state index is 13.4. The van der Waals surface area contributed by atoms with Crippen LogP contribution in [0.4, 0.5) is 0 Å². The Hall–Kier alpha value is -3.60. The van der Waals surface area contributed by atoms with E-state index in [2.05, 4.69) is 6.07 Å². The Labute approximate surface area is 168 Å². The van der Waals surface area contributed by atoms with Gasteiger partial charge in [-0.3, -0.25) is 4.79 Å². The van der Waals surface area contributed by atoms with E-state index < -0.39 is 5.97 Å². The molecule has 0 saturated carbocycles. The van der Waals surface area contributed by atoms with Gasteiger partial charge in [0.05, 0.1) is 36.0 Å². The largest absolute Gasteiger partial charge is 0.497 e. The van der Waals surface area contributed by atoms with Crippen LogP contribution in [0.5, 0.6) is 5.75 Å². The van der Waals surface area contributed by atoms with E-state index in [4.69, 9.17) is 9.47 Å². The van der Waals surface area contributed by atoms with Gasteiger partial charge in [0.2, 0.25) is 5.78 Å². The molecule has 0 unspecified atom stereocenters. The topological polar surface area (TPSA) is 57.0 Å². The van der Waals surface area contributed by atoms with Crippen LogP contribution < -0.4 is 4.74 Å². The molecule has 2 aromatic heterocycles. The zero-order chi connectivity index (χ0) is 20.5. The zero-order valence-corrected chi connectivity index (χ0v) is 16.6. The maximum Gasteiger partial charge on any atom is 0.340 e. The van der Waals surface area contributed by atoms with Gasteiger partial charge in [-0.15, -0.1) is 0 Å². The minimum absolute atomic E-state index is 0.192. The van der Waals surface area contributed by atoms with Crippen LogP contribution >= 0.6 is 0 Å². The van der Waals surface area contributed by atoms with Crippen molar-refractivity contribution in [3.05, 3.63) is 83.0 Å². The van der Waals surface area contributed by atoms with Crippen molar-refractivity contribution in [2.24, 2.45) is 0 Å². The van der Waals surface area contributed by atoms with E-state index in [0.717, 1.165) is 16.5 Å². The van der Waals surface area contributed by atoms with Crippen molar-refractivity contribution in [1.82, 2.24) is 4.40 Å². The molecule has 0 fully saturated rings. The van der Waals surface area contributed by atoms with E-state index in [-0.39, 0.29) is 12.4 Å². The Morgan fingerprint density at radius 1 is 0.966 bits per heavy atom. The molecule has 0 N–H and O–H groups in total. The first kappa shape index (κ1) is 18.7. The number of aryl methyl sites for hydroxylation is 1. The second-order valence-corrected chi connectivity index (χ2v) is 6.84. The highest BCUT2D eigenvalue weighted by Gasteiger charge is 2.23. The molecule has 2 aromatic carbocycles. The second kappa shape index (κ2) is 7.43. The monoisotopic (exact) mass is 387 g/mol. The molecule has 0 bridgehead atoms. The van der Waals surface area contributed by atoms with E-state index in [1.807, 2.05) is 35.6 Å². The van der Waals surface area contributed by atoms with E-state index in [9.17, 15) is 9.59 Å². The molecule has 0 atom stereocenters. The fourth-order valence-electron chi connectivity index (χ4n) is 3.58. The summed E-state index contributed by atoms with van der Waals surface area (Å²) in [6, 6.07) is 18.4. The maximum atomic E-state index is 13.4. The van der Waals surface area contributed by atoms with Crippen LogP contribution in [0.2, 0.25) is 0 Å². The summed E-state index contributed by atoms with van der Waals surface area (Å²) < 4.78 is 12.3. The Balaban J connectivity index is 2.00. The fourth-order valence-corrected chi connectivity index (χ4v) is 3.58. The number of fused-ring (bicyclic) bond motifs is 3. The van der Waals surface area contributed by atoms with Crippen molar-refractivity contribution >= 4 is 28.2 Å². The molecule has 4 rings (SSSR count). The highest BCUT2D eigenvalue weighted by atomic mass is 16.5. The summed E-state index contributed by atoms with van der Waals surface area (Å²) in [4.78, 5) is 26.0. The first-order chi connectivity index (χ1) is 14.0. The minimum atomic E-state index is -0.443. The number of ketones is 1. The molecular weight excluding hydrogens is 366 g/mol. The van der Waals surface area contributed by atoms with E-state index in [1.165, 1.54) is 0 Å². The minimum Gasteiger partial charge on any atom is -0.497 e. The Kier molecular flexibility index (Phi) is 4.80. The molecule has 0 saturated heterocycles. The van der Waals surface area contributed by atoms with Crippen LogP contribution in [0.3, 0.4) is 0 Å². The molecule has 4 aromatic rings. The molecule has 5 heteroatoms. The molecule has 29 heavy (non-hydrogen) atoms. The van der Waals surface area contributed by atoms with Gasteiger partial charge < -0.3 is 13.9 Å². The molecule has 0 aliphatic carbocycles. The van der Waals surface area contributed by atoms with Crippen molar-refractivity contribution in [3.63, 3.8) is 0 Å². The lowest BCUT2D eigenvalue weighted by molar-refractivity contribution is 0.0529. The predicted octanol–water partition coefficient (Wildman–Crippen LogP) is 4.82. The van der Waals surface area contributed by atoms with Crippen LogP contribution in [-0.4, -0.2) is 29.9 Å². The lowest BCUT2D eigenvalue weighted by Gasteiger charge is -2.09. The Bertz CT molecular complexity index is 1250. The van der Waals surface area contributed by atoms with Crippen molar-refractivity contribution in [1.29, 1.82) is 0 Å². The summed E-state index contributed by atoms with van der Waals surface area (Å²) in [6.45, 7) is 4.05. The SMILES string of the molecule is CCOC(=O)c1cc(C(=O)c2cccc(OC)c2)n2c1ccc1cc(C)ccc12. The Morgan fingerprint density at radius 2 is 1.76 bits per heavy atom. The van der Waals surface area contributed by atoms with Crippen LogP contribution in [0.1, 0.15) is 38.9 Å². The van der Waals surface area contributed by atoms with Gasteiger partial charge >= 0.3 is 5.97 Å². The van der Waals surface area contributed by atoms with Gasteiger partial charge in [0.1, 0.15) is 5.75 Å². The summed E-state index contributed by atoms with van der Waals surface area (Å²) in [5.74, 6) is -0.0357. The van der Waals surface area contributed by atoms with Crippen molar-refractivity contribution < 1.29 is 19.1 Å². The van der Waals surface area contributed by atoms with E-state index in [1.54, 1.807) is 44.4 Å². The number of pyridine rings is 1. The molecule has 2 heterocycles. The standard InChI is InChI=1S/C24H21NO4/c1-4-29-24(27)19-14-22(23(26)17-6-5-7-18(13-17)28-3)25-20-10-8-15(2)12-16(20)9-11-21(19)25/h5-14H,4H2,1-3H3. The molecule has 146 valence electrons. The third-order valence-corrected chi connectivity index (χ3v) is 4.94. The third kappa shape index (κ3) is 3.25. The van der Waals surface area contributed by atoms with Crippen molar-refractivity contribution in [3.8, 4) is 5.75 Å². The van der Waals surface area contributed by atoms with Crippen molar-refractivity contribution in [2.75, 3.05) is 13.7 Å². The molecule has 0 aliphatic heterocycles. The highest BCUT2D eigenvalue weighted by molar-refractivity contribution is 6.12. The summed E-state index contributed by atoms with van der Waals surface area (Å²) in [6.07, 6.45) is 0. The number of aromatic nitrogens is 1. The van der Waals surface area contributed by atoms with E-state index in [0.29, 0.717) is 28.1 Å². The molecule has 5 nitrogen and oxygen atoms in total. The lowest BCUT2D eigenvalue weighted by Crippen LogP contribution is -2.06. The smallest absolute Gasteiger partial charge is 0.340 e. The molecule has 0 amide bonds. The zero-order valence-electron chi connectivity index (χ0n) is 16.6. The number of nitrogens with zero attached hydrogens (tertiary/aromatic N) is 1. The van der Waals surface area contributed by atoms with Crippen LogP contribution in [0.15, 0.2) is 60.7 Å².